The molecule has 2 amide bonds. The van der Waals surface area contributed by atoms with Crippen molar-refractivity contribution in [1.82, 2.24) is 10.2 Å². The molecule has 3 aromatic rings. The van der Waals surface area contributed by atoms with Crippen LogP contribution in [0.4, 0.5) is 5.69 Å². The van der Waals surface area contributed by atoms with E-state index < -0.39 is 34.1 Å². The molecule has 9 heteroatoms. The fourth-order valence-electron chi connectivity index (χ4n) is 3.85. The van der Waals surface area contributed by atoms with E-state index in [1.165, 1.54) is 17.0 Å². The van der Waals surface area contributed by atoms with Crippen LogP contribution in [0.15, 0.2) is 88.2 Å². The number of hydrogen-bond donors (Lipinski definition) is 1. The molecule has 0 heterocycles. The lowest BCUT2D eigenvalue weighted by atomic mass is 10.1. The van der Waals surface area contributed by atoms with E-state index in [9.17, 15) is 18.0 Å². The second-order valence-corrected chi connectivity index (χ2v) is 13.0. The molecule has 3 rings (SSSR count). The van der Waals surface area contributed by atoms with E-state index in [-0.39, 0.29) is 17.3 Å². The molecule has 0 aliphatic carbocycles. The average Bonchev–Trinajstić information content (AvgIpc) is 2.85. The Morgan fingerprint density at radius 1 is 0.947 bits per heavy atom. The highest BCUT2D eigenvalue weighted by atomic mass is 79.9. The second kappa shape index (κ2) is 12.1. The summed E-state index contributed by atoms with van der Waals surface area (Å²) < 4.78 is 29.4. The minimum absolute atomic E-state index is 0.0745. The third kappa shape index (κ3) is 7.68. The number of anilines is 1. The third-order valence-corrected chi connectivity index (χ3v) is 8.12. The number of sulfonamides is 1. The van der Waals surface area contributed by atoms with Crippen LogP contribution in [-0.4, -0.2) is 43.3 Å². The Bertz CT molecular complexity index is 1370. The number of carbonyl (C=O) groups is 2. The van der Waals surface area contributed by atoms with Crippen LogP contribution in [0.25, 0.3) is 0 Å². The average molecular weight is 601 g/mol. The van der Waals surface area contributed by atoms with Gasteiger partial charge in [0.15, 0.2) is 0 Å². The molecule has 0 bridgehead atoms. The van der Waals surface area contributed by atoms with Crippen molar-refractivity contribution in [2.24, 2.45) is 0 Å². The van der Waals surface area contributed by atoms with Gasteiger partial charge in [-0.05, 0) is 76.6 Å². The minimum Gasteiger partial charge on any atom is -0.350 e. The Hall–Kier alpha value is -3.17. The number of aryl methyl sites for hydroxylation is 1. The van der Waals surface area contributed by atoms with Crippen LogP contribution in [-0.2, 0) is 26.2 Å². The monoisotopic (exact) mass is 599 g/mol. The summed E-state index contributed by atoms with van der Waals surface area (Å²) in [4.78, 5) is 28.5. The van der Waals surface area contributed by atoms with Gasteiger partial charge in [-0.15, -0.1) is 0 Å². The van der Waals surface area contributed by atoms with Gasteiger partial charge in [0, 0.05) is 16.6 Å². The molecular weight excluding hydrogens is 566 g/mol. The van der Waals surface area contributed by atoms with Crippen molar-refractivity contribution in [3.63, 3.8) is 0 Å². The highest BCUT2D eigenvalue weighted by Gasteiger charge is 2.33. The Labute approximate surface area is 234 Å². The van der Waals surface area contributed by atoms with E-state index in [1.54, 1.807) is 49.4 Å². The fraction of sp³-hybridized carbons (Fsp3) is 0.310. The van der Waals surface area contributed by atoms with Gasteiger partial charge < -0.3 is 10.2 Å². The van der Waals surface area contributed by atoms with Gasteiger partial charge in [0.1, 0.15) is 12.6 Å². The van der Waals surface area contributed by atoms with Crippen molar-refractivity contribution >= 4 is 43.5 Å². The molecule has 7 nitrogen and oxygen atoms in total. The summed E-state index contributed by atoms with van der Waals surface area (Å²) in [5, 5.41) is 2.92. The van der Waals surface area contributed by atoms with Crippen LogP contribution in [0.2, 0.25) is 0 Å². The van der Waals surface area contributed by atoms with E-state index in [0.29, 0.717) is 5.69 Å². The van der Waals surface area contributed by atoms with Crippen LogP contribution < -0.4 is 9.62 Å². The van der Waals surface area contributed by atoms with Crippen molar-refractivity contribution < 1.29 is 18.0 Å². The Kier molecular flexibility index (Phi) is 9.38. The first kappa shape index (κ1) is 29.4. The second-order valence-electron chi connectivity index (χ2n) is 10.2. The predicted octanol–water partition coefficient (Wildman–Crippen LogP) is 5.28. The number of nitrogens with one attached hydrogen (secondary N) is 1. The number of amides is 2. The zero-order valence-electron chi connectivity index (χ0n) is 22.3. The number of benzene rings is 3. The quantitative estimate of drug-likeness (QED) is 0.362. The van der Waals surface area contributed by atoms with E-state index in [0.717, 1.165) is 19.9 Å². The third-order valence-electron chi connectivity index (χ3n) is 5.84. The molecule has 0 aliphatic heterocycles. The summed E-state index contributed by atoms with van der Waals surface area (Å²) in [7, 11) is -4.07. The summed E-state index contributed by atoms with van der Waals surface area (Å²) in [5.41, 5.74) is 1.62. The lowest BCUT2D eigenvalue weighted by molar-refractivity contribution is -0.140. The standard InChI is InChI=1S/C29H34BrN3O4S/c1-21-14-16-25(17-15-21)33(38(36,37)26-12-7-6-8-13-26)20-27(34)32(19-23-10-9-11-24(30)18-23)22(2)28(35)31-29(3,4)5/h6-18,22H,19-20H2,1-5H3,(H,31,35)/t22-/m0/s1. The lowest BCUT2D eigenvalue weighted by Crippen LogP contribution is -2.54. The molecule has 0 aromatic heterocycles. The van der Waals surface area contributed by atoms with Crippen LogP contribution in [0.1, 0.15) is 38.8 Å². The first-order valence-corrected chi connectivity index (χ1v) is 14.5. The predicted molar refractivity (Wildman–Crippen MR) is 154 cm³/mol. The maximum Gasteiger partial charge on any atom is 0.264 e. The van der Waals surface area contributed by atoms with E-state index in [4.69, 9.17) is 0 Å². The molecule has 3 aromatic carbocycles. The molecule has 38 heavy (non-hydrogen) atoms. The van der Waals surface area contributed by atoms with Gasteiger partial charge >= 0.3 is 0 Å². The molecule has 1 N–H and O–H groups in total. The summed E-state index contributed by atoms with van der Waals surface area (Å²) in [5.74, 6) is -0.824. The number of rotatable bonds is 9. The summed E-state index contributed by atoms with van der Waals surface area (Å²) in [6, 6.07) is 21.6. The van der Waals surface area contributed by atoms with Gasteiger partial charge in [0.25, 0.3) is 10.0 Å². The maximum atomic E-state index is 13.9. The molecule has 0 unspecified atom stereocenters. The molecule has 0 aliphatic rings. The van der Waals surface area contributed by atoms with Crippen molar-refractivity contribution in [2.75, 3.05) is 10.8 Å². The molecule has 1 atom stereocenters. The van der Waals surface area contributed by atoms with Gasteiger partial charge in [-0.25, -0.2) is 8.42 Å². The first-order valence-electron chi connectivity index (χ1n) is 12.3. The number of carbonyl (C=O) groups excluding carboxylic acids is 2. The van der Waals surface area contributed by atoms with Crippen molar-refractivity contribution in [3.8, 4) is 0 Å². The maximum absolute atomic E-state index is 13.9. The van der Waals surface area contributed by atoms with E-state index in [2.05, 4.69) is 21.2 Å². The van der Waals surface area contributed by atoms with Crippen LogP contribution >= 0.6 is 15.9 Å². The van der Waals surface area contributed by atoms with Gasteiger partial charge in [0.2, 0.25) is 11.8 Å². The Morgan fingerprint density at radius 3 is 2.16 bits per heavy atom. The van der Waals surface area contributed by atoms with Crippen LogP contribution in [0.3, 0.4) is 0 Å². The van der Waals surface area contributed by atoms with Crippen LogP contribution in [0, 0.1) is 6.92 Å². The van der Waals surface area contributed by atoms with Gasteiger partial charge in [-0.3, -0.25) is 13.9 Å². The van der Waals surface area contributed by atoms with Crippen molar-refractivity contribution in [1.29, 1.82) is 0 Å². The van der Waals surface area contributed by atoms with Gasteiger partial charge in [0.05, 0.1) is 10.6 Å². The minimum atomic E-state index is -4.07. The smallest absolute Gasteiger partial charge is 0.264 e. The zero-order chi connectivity index (χ0) is 28.1. The Morgan fingerprint density at radius 2 is 1.58 bits per heavy atom. The van der Waals surface area contributed by atoms with E-state index >= 15 is 0 Å². The highest BCUT2D eigenvalue weighted by Crippen LogP contribution is 2.25. The number of nitrogens with zero attached hydrogens (tertiary/aromatic N) is 2. The Balaban J connectivity index is 2.02. The normalized spacial score (nSPS) is 12.5. The lowest BCUT2D eigenvalue weighted by Gasteiger charge is -2.33. The SMILES string of the molecule is Cc1ccc(N(CC(=O)N(Cc2cccc(Br)c2)[C@@H](C)C(=O)NC(C)(C)C)S(=O)(=O)c2ccccc2)cc1. The summed E-state index contributed by atoms with van der Waals surface area (Å²) in [6.07, 6.45) is 0. The number of hydrogen-bond acceptors (Lipinski definition) is 4. The highest BCUT2D eigenvalue weighted by molar-refractivity contribution is 9.10. The molecular formula is C29H34BrN3O4S. The van der Waals surface area contributed by atoms with E-state index in [1.807, 2.05) is 52.0 Å². The molecule has 202 valence electrons. The molecule has 0 saturated carbocycles. The van der Waals surface area contributed by atoms with Gasteiger partial charge in [-0.2, -0.15) is 0 Å². The summed E-state index contributed by atoms with van der Waals surface area (Å²) in [6.45, 7) is 8.81. The topological polar surface area (TPSA) is 86.8 Å². The molecule has 0 saturated heterocycles. The largest absolute Gasteiger partial charge is 0.350 e. The van der Waals surface area contributed by atoms with Crippen molar-refractivity contribution in [2.45, 2.75) is 57.6 Å². The zero-order valence-corrected chi connectivity index (χ0v) is 24.7. The van der Waals surface area contributed by atoms with Gasteiger partial charge in [-0.1, -0.05) is 64.0 Å². The van der Waals surface area contributed by atoms with Crippen LogP contribution in [0.5, 0.6) is 0 Å². The van der Waals surface area contributed by atoms with Crippen molar-refractivity contribution in [3.05, 3.63) is 94.5 Å². The fourth-order valence-corrected chi connectivity index (χ4v) is 5.73. The first-order chi connectivity index (χ1) is 17.8. The molecule has 0 fully saturated rings. The molecule has 0 radical (unpaired) electrons. The molecule has 0 spiro atoms. The number of halogens is 1. The summed E-state index contributed by atoms with van der Waals surface area (Å²) >= 11 is 3.45.